The Kier molecular flexibility index (Phi) is 3.23. The first-order chi connectivity index (χ1) is 10.1. The molecule has 0 saturated carbocycles. The lowest BCUT2D eigenvalue weighted by Crippen LogP contribution is -2.30. The van der Waals surface area contributed by atoms with Crippen molar-refractivity contribution in [2.75, 3.05) is 6.54 Å². The van der Waals surface area contributed by atoms with Crippen LogP contribution in [-0.2, 0) is 6.42 Å². The molecule has 0 unspecified atom stereocenters. The molecule has 0 aromatic heterocycles. The SMILES string of the molecule is O=[N+]([O-])c1ccc([C@@H]2NCCc3cc(O)c(O)cc32)cc1. The minimum atomic E-state index is -0.435. The normalized spacial score (nSPS) is 17.2. The molecule has 0 aliphatic carbocycles. The summed E-state index contributed by atoms with van der Waals surface area (Å²) in [6.07, 6.45) is 0.757. The van der Waals surface area contributed by atoms with Crippen molar-refractivity contribution >= 4 is 5.69 Å². The van der Waals surface area contributed by atoms with Crippen LogP contribution in [0.5, 0.6) is 11.5 Å². The van der Waals surface area contributed by atoms with Crippen LogP contribution < -0.4 is 5.32 Å². The predicted molar refractivity (Wildman–Crippen MR) is 76.4 cm³/mol. The predicted octanol–water partition coefficient (Wildman–Crippen LogP) is 2.24. The molecule has 0 amide bonds. The lowest BCUT2D eigenvalue weighted by Gasteiger charge is -2.27. The molecule has 6 heteroatoms. The molecule has 0 spiro atoms. The van der Waals surface area contributed by atoms with E-state index in [0.717, 1.165) is 29.7 Å². The number of nitro groups is 1. The summed E-state index contributed by atoms with van der Waals surface area (Å²) in [4.78, 5) is 10.3. The monoisotopic (exact) mass is 286 g/mol. The largest absolute Gasteiger partial charge is 0.504 e. The van der Waals surface area contributed by atoms with E-state index in [0.29, 0.717) is 0 Å². The molecule has 108 valence electrons. The Morgan fingerprint density at radius 1 is 1.14 bits per heavy atom. The lowest BCUT2D eigenvalue weighted by molar-refractivity contribution is -0.384. The molecule has 1 heterocycles. The molecule has 3 rings (SSSR count). The molecule has 1 atom stereocenters. The third-order valence-electron chi connectivity index (χ3n) is 3.73. The van der Waals surface area contributed by atoms with Crippen LogP contribution in [0.25, 0.3) is 0 Å². The first-order valence-electron chi connectivity index (χ1n) is 6.59. The minimum absolute atomic E-state index is 0.0448. The van der Waals surface area contributed by atoms with Crippen LogP contribution in [0.15, 0.2) is 36.4 Å². The number of nitro benzene ring substituents is 1. The van der Waals surface area contributed by atoms with Crippen molar-refractivity contribution in [3.8, 4) is 11.5 Å². The number of benzene rings is 2. The molecule has 1 aliphatic heterocycles. The van der Waals surface area contributed by atoms with Gasteiger partial charge in [-0.1, -0.05) is 12.1 Å². The van der Waals surface area contributed by atoms with Gasteiger partial charge in [0, 0.05) is 18.7 Å². The highest BCUT2D eigenvalue weighted by molar-refractivity contribution is 5.50. The average Bonchev–Trinajstić information content (AvgIpc) is 2.48. The van der Waals surface area contributed by atoms with Gasteiger partial charge in [-0.3, -0.25) is 10.1 Å². The van der Waals surface area contributed by atoms with Gasteiger partial charge < -0.3 is 15.5 Å². The molecule has 0 radical (unpaired) electrons. The molecule has 3 N–H and O–H groups in total. The Bertz CT molecular complexity index is 698. The highest BCUT2D eigenvalue weighted by Crippen LogP contribution is 2.36. The van der Waals surface area contributed by atoms with Crippen LogP contribution in [0, 0.1) is 10.1 Å². The summed E-state index contributed by atoms with van der Waals surface area (Å²) in [5.74, 6) is -0.289. The number of rotatable bonds is 2. The van der Waals surface area contributed by atoms with E-state index in [9.17, 15) is 20.3 Å². The van der Waals surface area contributed by atoms with Crippen LogP contribution in [0.2, 0.25) is 0 Å². The molecule has 21 heavy (non-hydrogen) atoms. The van der Waals surface area contributed by atoms with Gasteiger partial charge in [0.15, 0.2) is 11.5 Å². The van der Waals surface area contributed by atoms with Crippen molar-refractivity contribution in [2.45, 2.75) is 12.5 Å². The summed E-state index contributed by atoms with van der Waals surface area (Å²) in [7, 11) is 0. The van der Waals surface area contributed by atoms with Gasteiger partial charge in [-0.2, -0.15) is 0 Å². The summed E-state index contributed by atoms with van der Waals surface area (Å²) in [6, 6.07) is 9.30. The second-order valence-corrected chi connectivity index (χ2v) is 5.03. The molecule has 2 aromatic rings. The zero-order chi connectivity index (χ0) is 15.0. The van der Waals surface area contributed by atoms with Gasteiger partial charge in [-0.25, -0.2) is 0 Å². The third kappa shape index (κ3) is 2.41. The van der Waals surface area contributed by atoms with E-state index in [-0.39, 0.29) is 23.2 Å². The van der Waals surface area contributed by atoms with Gasteiger partial charge >= 0.3 is 0 Å². The molecule has 1 aliphatic rings. The van der Waals surface area contributed by atoms with E-state index >= 15 is 0 Å². The van der Waals surface area contributed by atoms with Crippen LogP contribution in [0.1, 0.15) is 22.7 Å². The fourth-order valence-corrected chi connectivity index (χ4v) is 2.67. The highest BCUT2D eigenvalue weighted by atomic mass is 16.6. The molecule has 0 saturated heterocycles. The van der Waals surface area contributed by atoms with Gasteiger partial charge in [0.1, 0.15) is 0 Å². The quantitative estimate of drug-likeness (QED) is 0.447. The Morgan fingerprint density at radius 2 is 1.81 bits per heavy atom. The smallest absolute Gasteiger partial charge is 0.269 e. The number of aromatic hydroxyl groups is 2. The number of phenols is 2. The first-order valence-corrected chi connectivity index (χ1v) is 6.59. The van der Waals surface area contributed by atoms with Gasteiger partial charge in [0.25, 0.3) is 5.69 Å². The van der Waals surface area contributed by atoms with Crippen LogP contribution in [-0.4, -0.2) is 21.7 Å². The second-order valence-electron chi connectivity index (χ2n) is 5.03. The first kappa shape index (κ1) is 13.4. The topological polar surface area (TPSA) is 95.6 Å². The fourth-order valence-electron chi connectivity index (χ4n) is 2.67. The van der Waals surface area contributed by atoms with Gasteiger partial charge in [-0.05, 0) is 35.2 Å². The van der Waals surface area contributed by atoms with Crippen LogP contribution in [0.3, 0.4) is 0 Å². The molecule has 6 nitrogen and oxygen atoms in total. The second kappa shape index (κ2) is 5.06. The number of nitrogens with zero attached hydrogens (tertiary/aromatic N) is 1. The van der Waals surface area contributed by atoms with Crippen molar-refractivity contribution in [1.82, 2.24) is 5.32 Å². The van der Waals surface area contributed by atoms with Gasteiger partial charge in [0.05, 0.1) is 11.0 Å². The van der Waals surface area contributed by atoms with Crippen molar-refractivity contribution in [1.29, 1.82) is 0 Å². The van der Waals surface area contributed by atoms with E-state index in [1.165, 1.54) is 12.1 Å². The van der Waals surface area contributed by atoms with Crippen molar-refractivity contribution < 1.29 is 15.1 Å². The zero-order valence-corrected chi connectivity index (χ0v) is 11.1. The minimum Gasteiger partial charge on any atom is -0.504 e. The van der Waals surface area contributed by atoms with E-state index in [2.05, 4.69) is 5.32 Å². The Balaban J connectivity index is 2.01. The molecular formula is C15H14N2O4. The summed E-state index contributed by atoms with van der Waals surface area (Å²) in [5.41, 5.74) is 2.77. The van der Waals surface area contributed by atoms with Crippen molar-refractivity contribution in [3.63, 3.8) is 0 Å². The number of hydrogen-bond donors (Lipinski definition) is 3. The molecule has 0 fully saturated rings. The number of non-ortho nitro benzene ring substituents is 1. The maximum Gasteiger partial charge on any atom is 0.269 e. The number of fused-ring (bicyclic) bond motifs is 1. The Morgan fingerprint density at radius 3 is 2.48 bits per heavy atom. The maximum absolute atomic E-state index is 10.7. The summed E-state index contributed by atoms with van der Waals surface area (Å²) in [6.45, 7) is 0.735. The van der Waals surface area contributed by atoms with Crippen molar-refractivity contribution in [2.24, 2.45) is 0 Å². The zero-order valence-electron chi connectivity index (χ0n) is 11.1. The van der Waals surface area contributed by atoms with E-state index in [4.69, 9.17) is 0 Å². The average molecular weight is 286 g/mol. The highest BCUT2D eigenvalue weighted by Gasteiger charge is 2.23. The van der Waals surface area contributed by atoms with Gasteiger partial charge in [0.2, 0.25) is 0 Å². The number of hydrogen-bond acceptors (Lipinski definition) is 5. The summed E-state index contributed by atoms with van der Waals surface area (Å²) in [5, 5.41) is 33.3. The molecule has 2 aromatic carbocycles. The van der Waals surface area contributed by atoms with E-state index < -0.39 is 4.92 Å². The van der Waals surface area contributed by atoms with E-state index in [1.54, 1.807) is 24.3 Å². The van der Waals surface area contributed by atoms with E-state index in [1.807, 2.05) is 0 Å². The van der Waals surface area contributed by atoms with Crippen molar-refractivity contribution in [3.05, 3.63) is 63.2 Å². The van der Waals surface area contributed by atoms with Crippen LogP contribution >= 0.6 is 0 Å². The fraction of sp³-hybridized carbons (Fsp3) is 0.200. The van der Waals surface area contributed by atoms with Gasteiger partial charge in [-0.15, -0.1) is 0 Å². The lowest BCUT2D eigenvalue weighted by atomic mass is 9.89. The maximum atomic E-state index is 10.7. The Labute approximate surface area is 120 Å². The standard InChI is InChI=1S/C15H14N2O4/c18-13-7-10-5-6-16-15(12(10)8-14(13)19)9-1-3-11(4-2-9)17(20)21/h1-4,7-8,15-16,18-19H,5-6H2/t15-/m0/s1. The summed E-state index contributed by atoms with van der Waals surface area (Å²) >= 11 is 0. The summed E-state index contributed by atoms with van der Waals surface area (Å²) < 4.78 is 0. The Hall–Kier alpha value is -2.60. The number of nitrogens with one attached hydrogen (secondary N) is 1. The molecular weight excluding hydrogens is 272 g/mol. The third-order valence-corrected chi connectivity index (χ3v) is 3.73. The van der Waals surface area contributed by atoms with Crippen LogP contribution in [0.4, 0.5) is 5.69 Å². The molecule has 0 bridgehead atoms. The number of phenolic OH excluding ortho intramolecular Hbond substituents is 2.